The fourth-order valence-corrected chi connectivity index (χ4v) is 1.84. The Kier molecular flexibility index (Phi) is 2.60. The molecule has 1 aliphatic rings. The molecule has 5 heteroatoms. The molecule has 0 radical (unpaired) electrons. The number of nitrogens with one attached hydrogen (secondary N) is 1. The van der Waals surface area contributed by atoms with E-state index < -0.39 is 0 Å². The molecule has 0 unspecified atom stereocenters. The zero-order valence-electron chi connectivity index (χ0n) is 9.68. The molecule has 1 saturated heterocycles. The van der Waals surface area contributed by atoms with E-state index in [0.29, 0.717) is 17.6 Å². The number of aryl methyl sites for hydroxylation is 1. The van der Waals surface area contributed by atoms with Gasteiger partial charge in [0.2, 0.25) is 11.7 Å². The molecule has 1 N–H and O–H groups in total. The maximum Gasteiger partial charge on any atom is 0.227 e. The number of pyridine rings is 1. The summed E-state index contributed by atoms with van der Waals surface area (Å²) in [6, 6.07) is 3.91. The molecule has 0 aromatic carbocycles. The minimum Gasteiger partial charge on any atom is -0.339 e. The Hall–Kier alpha value is -1.75. The van der Waals surface area contributed by atoms with Gasteiger partial charge in [-0.2, -0.15) is 4.98 Å². The van der Waals surface area contributed by atoms with Crippen LogP contribution in [0.2, 0.25) is 0 Å². The van der Waals surface area contributed by atoms with E-state index in [9.17, 15) is 0 Å². The van der Waals surface area contributed by atoms with Gasteiger partial charge in [0.1, 0.15) is 5.69 Å². The molecule has 3 heterocycles. The maximum atomic E-state index is 5.24. The Bertz CT molecular complexity index is 519. The maximum absolute atomic E-state index is 5.24. The van der Waals surface area contributed by atoms with E-state index in [1.54, 1.807) is 6.20 Å². The van der Waals surface area contributed by atoms with Gasteiger partial charge in [-0.3, -0.25) is 4.98 Å². The van der Waals surface area contributed by atoms with E-state index in [0.717, 1.165) is 30.8 Å². The van der Waals surface area contributed by atoms with Crippen LogP contribution in [-0.4, -0.2) is 28.2 Å². The molecule has 0 amide bonds. The van der Waals surface area contributed by atoms with Crippen molar-refractivity contribution in [3.63, 3.8) is 0 Å². The van der Waals surface area contributed by atoms with Gasteiger partial charge in [0.25, 0.3) is 0 Å². The zero-order valence-corrected chi connectivity index (χ0v) is 9.68. The highest BCUT2D eigenvalue weighted by molar-refractivity contribution is 5.48. The lowest BCUT2D eigenvalue weighted by Crippen LogP contribution is -2.43. The van der Waals surface area contributed by atoms with Gasteiger partial charge in [0.05, 0.1) is 0 Å². The van der Waals surface area contributed by atoms with Crippen LogP contribution in [-0.2, 0) is 6.42 Å². The molecule has 1 fully saturated rings. The molecule has 88 valence electrons. The van der Waals surface area contributed by atoms with Crippen LogP contribution >= 0.6 is 0 Å². The molecule has 0 spiro atoms. The Balaban J connectivity index is 1.79. The van der Waals surface area contributed by atoms with Crippen molar-refractivity contribution < 1.29 is 4.52 Å². The Labute approximate surface area is 99.3 Å². The van der Waals surface area contributed by atoms with Crippen LogP contribution in [0, 0.1) is 12.8 Å². The smallest absolute Gasteiger partial charge is 0.227 e. The summed E-state index contributed by atoms with van der Waals surface area (Å²) in [5.74, 6) is 1.92. The predicted octanol–water partition coefficient (Wildman–Crippen LogP) is 1.20. The first-order chi connectivity index (χ1) is 8.31. The monoisotopic (exact) mass is 230 g/mol. The lowest BCUT2D eigenvalue weighted by molar-refractivity contribution is 0.296. The summed E-state index contributed by atoms with van der Waals surface area (Å²) >= 11 is 0. The van der Waals surface area contributed by atoms with Gasteiger partial charge in [0, 0.05) is 12.6 Å². The van der Waals surface area contributed by atoms with Crippen molar-refractivity contribution in [3.05, 3.63) is 29.8 Å². The quantitative estimate of drug-likeness (QED) is 0.858. The number of nitrogens with zero attached hydrogens (tertiary/aromatic N) is 3. The first-order valence-corrected chi connectivity index (χ1v) is 5.77. The topological polar surface area (TPSA) is 63.8 Å². The average molecular weight is 230 g/mol. The largest absolute Gasteiger partial charge is 0.339 e. The third-order valence-corrected chi connectivity index (χ3v) is 2.94. The van der Waals surface area contributed by atoms with E-state index in [2.05, 4.69) is 20.4 Å². The zero-order chi connectivity index (χ0) is 11.7. The lowest BCUT2D eigenvalue weighted by atomic mass is 10.00. The van der Waals surface area contributed by atoms with Crippen LogP contribution in [0.4, 0.5) is 0 Å². The second-order valence-electron chi connectivity index (χ2n) is 4.46. The summed E-state index contributed by atoms with van der Waals surface area (Å²) in [5, 5.41) is 7.20. The van der Waals surface area contributed by atoms with Crippen LogP contribution in [0.5, 0.6) is 0 Å². The summed E-state index contributed by atoms with van der Waals surface area (Å²) in [7, 11) is 0. The fraction of sp³-hybridized carbons (Fsp3) is 0.417. The van der Waals surface area contributed by atoms with Crippen LogP contribution < -0.4 is 5.32 Å². The second kappa shape index (κ2) is 4.25. The molecule has 17 heavy (non-hydrogen) atoms. The molecule has 3 rings (SSSR count). The number of hydrogen-bond acceptors (Lipinski definition) is 5. The molecular weight excluding hydrogens is 216 g/mol. The minimum absolute atomic E-state index is 0.580. The van der Waals surface area contributed by atoms with E-state index in [1.807, 2.05) is 19.1 Å². The summed E-state index contributed by atoms with van der Waals surface area (Å²) in [4.78, 5) is 8.61. The summed E-state index contributed by atoms with van der Waals surface area (Å²) in [6.07, 6.45) is 2.61. The molecule has 2 aromatic rings. The van der Waals surface area contributed by atoms with Crippen molar-refractivity contribution in [2.75, 3.05) is 13.1 Å². The van der Waals surface area contributed by atoms with Gasteiger partial charge >= 0.3 is 0 Å². The van der Waals surface area contributed by atoms with Crippen molar-refractivity contribution in [1.29, 1.82) is 0 Å². The summed E-state index contributed by atoms with van der Waals surface area (Å²) in [5.41, 5.74) is 1.91. The first-order valence-electron chi connectivity index (χ1n) is 5.77. The highest BCUT2D eigenvalue weighted by Crippen LogP contribution is 2.16. The van der Waals surface area contributed by atoms with E-state index >= 15 is 0 Å². The second-order valence-corrected chi connectivity index (χ2v) is 4.46. The number of aromatic nitrogens is 3. The van der Waals surface area contributed by atoms with Crippen LogP contribution in [0.3, 0.4) is 0 Å². The van der Waals surface area contributed by atoms with Gasteiger partial charge in [0.15, 0.2) is 0 Å². The summed E-state index contributed by atoms with van der Waals surface area (Å²) < 4.78 is 5.24. The molecule has 0 atom stereocenters. The van der Waals surface area contributed by atoms with E-state index in [4.69, 9.17) is 4.52 Å². The molecule has 0 bridgehead atoms. The third-order valence-electron chi connectivity index (χ3n) is 2.94. The number of rotatable bonds is 3. The van der Waals surface area contributed by atoms with Crippen molar-refractivity contribution in [2.45, 2.75) is 13.3 Å². The molecule has 1 aliphatic heterocycles. The predicted molar refractivity (Wildman–Crippen MR) is 62.3 cm³/mol. The van der Waals surface area contributed by atoms with Crippen LogP contribution in [0.15, 0.2) is 22.9 Å². The first kappa shape index (κ1) is 10.4. The Morgan fingerprint density at radius 3 is 3.06 bits per heavy atom. The van der Waals surface area contributed by atoms with Gasteiger partial charge < -0.3 is 9.84 Å². The minimum atomic E-state index is 0.580. The SMILES string of the molecule is Cc1ccnc(-c2noc(CC3CNC3)n2)c1. The van der Waals surface area contributed by atoms with E-state index in [1.165, 1.54) is 0 Å². The van der Waals surface area contributed by atoms with E-state index in [-0.39, 0.29) is 0 Å². The molecular formula is C12H14N4O. The van der Waals surface area contributed by atoms with Crippen molar-refractivity contribution in [1.82, 2.24) is 20.4 Å². The summed E-state index contributed by atoms with van der Waals surface area (Å²) in [6.45, 7) is 4.10. The van der Waals surface area contributed by atoms with Crippen LogP contribution in [0.25, 0.3) is 11.5 Å². The van der Waals surface area contributed by atoms with Gasteiger partial charge in [-0.25, -0.2) is 0 Å². The Morgan fingerprint density at radius 2 is 2.35 bits per heavy atom. The highest BCUT2D eigenvalue weighted by Gasteiger charge is 2.20. The molecule has 5 nitrogen and oxygen atoms in total. The van der Waals surface area contributed by atoms with Gasteiger partial charge in [-0.15, -0.1) is 0 Å². The fourth-order valence-electron chi connectivity index (χ4n) is 1.84. The van der Waals surface area contributed by atoms with Gasteiger partial charge in [-0.1, -0.05) is 5.16 Å². The molecule has 2 aromatic heterocycles. The van der Waals surface area contributed by atoms with Crippen molar-refractivity contribution >= 4 is 0 Å². The lowest BCUT2D eigenvalue weighted by Gasteiger charge is -2.25. The normalized spacial score (nSPS) is 15.8. The standard InChI is InChI=1S/C12H14N4O/c1-8-2-3-14-10(4-8)12-15-11(17-16-12)5-9-6-13-7-9/h2-4,9,13H,5-7H2,1H3. The van der Waals surface area contributed by atoms with Crippen LogP contribution in [0.1, 0.15) is 11.5 Å². The van der Waals surface area contributed by atoms with Gasteiger partial charge in [-0.05, 0) is 43.6 Å². The van der Waals surface area contributed by atoms with Crippen molar-refractivity contribution in [3.8, 4) is 11.5 Å². The average Bonchev–Trinajstić information content (AvgIpc) is 2.72. The Morgan fingerprint density at radius 1 is 1.47 bits per heavy atom. The molecule has 0 saturated carbocycles. The highest BCUT2D eigenvalue weighted by atomic mass is 16.5. The third kappa shape index (κ3) is 2.19. The number of hydrogen-bond donors (Lipinski definition) is 1. The molecule has 0 aliphatic carbocycles. The van der Waals surface area contributed by atoms with Crippen molar-refractivity contribution in [2.24, 2.45) is 5.92 Å².